The lowest BCUT2D eigenvalue weighted by atomic mass is 9.55. The van der Waals surface area contributed by atoms with Crippen molar-refractivity contribution in [3.8, 4) is 0 Å². The van der Waals surface area contributed by atoms with Crippen LogP contribution in [0.1, 0.15) is 64.2 Å². The maximum Gasteiger partial charge on any atom is 0.338 e. The topological polar surface area (TPSA) is 65.0 Å². The minimum absolute atomic E-state index is 0.00443. The number of hydrogen-bond acceptors (Lipinski definition) is 5. The Morgan fingerprint density at radius 2 is 1.91 bits per heavy atom. The van der Waals surface area contributed by atoms with Crippen molar-refractivity contribution in [2.24, 2.45) is 10.8 Å². The number of aliphatic hydroxyl groups is 1. The van der Waals surface area contributed by atoms with E-state index in [-0.39, 0.29) is 35.2 Å². The summed E-state index contributed by atoms with van der Waals surface area (Å²) in [7, 11) is -2.21. The highest BCUT2D eigenvalue weighted by Gasteiger charge is 2.70. The zero-order valence-electron chi connectivity index (χ0n) is 21.2. The minimum atomic E-state index is -2.21. The van der Waals surface area contributed by atoms with Crippen molar-refractivity contribution in [1.29, 1.82) is 0 Å². The standard InChI is InChI=1S/C27H40O5Si/c1-18-13-14-26(5)21(15-18)31-20-16-27(26,17-30-24(29)19-11-9-8-10-12-19)23(22(20)28)32-33(6,7)25(2,3)4/h8-12,15,20-23,28H,13-14,16-17H2,1-7H3/t20-,21+,22+,23-,26-,27-/m0/s1. The highest BCUT2D eigenvalue weighted by molar-refractivity contribution is 6.74. The summed E-state index contributed by atoms with van der Waals surface area (Å²) in [5.74, 6) is -0.330. The summed E-state index contributed by atoms with van der Waals surface area (Å²) in [4.78, 5) is 12.9. The van der Waals surface area contributed by atoms with Crippen LogP contribution in [-0.4, -0.2) is 50.4 Å². The smallest absolute Gasteiger partial charge is 0.338 e. The van der Waals surface area contributed by atoms with Crippen molar-refractivity contribution < 1.29 is 23.8 Å². The van der Waals surface area contributed by atoms with Crippen LogP contribution < -0.4 is 0 Å². The fourth-order valence-electron chi connectivity index (χ4n) is 5.67. The Labute approximate surface area is 199 Å². The van der Waals surface area contributed by atoms with Gasteiger partial charge in [-0.05, 0) is 56.5 Å². The largest absolute Gasteiger partial charge is 0.461 e. The summed E-state index contributed by atoms with van der Waals surface area (Å²) in [5, 5.41) is 11.5. The predicted octanol–water partition coefficient (Wildman–Crippen LogP) is 5.50. The van der Waals surface area contributed by atoms with Crippen molar-refractivity contribution >= 4 is 14.3 Å². The quantitative estimate of drug-likeness (QED) is 0.348. The molecule has 2 bridgehead atoms. The van der Waals surface area contributed by atoms with Gasteiger partial charge in [-0.2, -0.15) is 0 Å². The summed E-state index contributed by atoms with van der Waals surface area (Å²) in [5.41, 5.74) is 1.03. The molecule has 1 aliphatic heterocycles. The summed E-state index contributed by atoms with van der Waals surface area (Å²) in [6.45, 7) is 15.7. The molecule has 4 rings (SSSR count). The molecule has 1 saturated carbocycles. The van der Waals surface area contributed by atoms with E-state index in [0.29, 0.717) is 12.0 Å². The third kappa shape index (κ3) is 4.03. The first-order chi connectivity index (χ1) is 15.3. The van der Waals surface area contributed by atoms with Gasteiger partial charge >= 0.3 is 5.97 Å². The Hall–Kier alpha value is -1.47. The molecule has 182 valence electrons. The highest BCUT2D eigenvalue weighted by Crippen LogP contribution is 2.64. The van der Waals surface area contributed by atoms with Gasteiger partial charge in [0, 0.05) is 10.8 Å². The van der Waals surface area contributed by atoms with Crippen LogP contribution in [0.5, 0.6) is 0 Å². The monoisotopic (exact) mass is 472 g/mol. The number of rotatable bonds is 5. The minimum Gasteiger partial charge on any atom is -0.461 e. The van der Waals surface area contributed by atoms with Crippen molar-refractivity contribution in [1.82, 2.24) is 0 Å². The van der Waals surface area contributed by atoms with Crippen molar-refractivity contribution in [3.63, 3.8) is 0 Å². The molecule has 1 aromatic carbocycles. The molecule has 1 aromatic rings. The van der Waals surface area contributed by atoms with E-state index < -0.39 is 25.9 Å². The Morgan fingerprint density at radius 3 is 2.55 bits per heavy atom. The van der Waals surface area contributed by atoms with E-state index in [2.05, 4.69) is 53.8 Å². The third-order valence-corrected chi connectivity index (χ3v) is 13.5. The van der Waals surface area contributed by atoms with Gasteiger partial charge in [-0.3, -0.25) is 0 Å². The predicted molar refractivity (Wildman–Crippen MR) is 132 cm³/mol. The van der Waals surface area contributed by atoms with Crippen LogP contribution in [-0.2, 0) is 13.9 Å². The number of carbonyl (C=O) groups excluding carboxylic acids is 1. The average molecular weight is 473 g/mol. The van der Waals surface area contributed by atoms with Crippen molar-refractivity contribution in [2.75, 3.05) is 6.61 Å². The average Bonchev–Trinajstić information content (AvgIpc) is 2.98. The Bertz CT molecular complexity index is 920. The van der Waals surface area contributed by atoms with Gasteiger partial charge in [0.15, 0.2) is 8.32 Å². The molecule has 3 aliphatic rings. The molecular formula is C27H40O5Si. The Kier molecular flexibility index (Phi) is 6.22. The van der Waals surface area contributed by atoms with Crippen LogP contribution in [0.15, 0.2) is 42.0 Å². The van der Waals surface area contributed by atoms with Crippen LogP contribution in [0.2, 0.25) is 18.1 Å². The van der Waals surface area contributed by atoms with Gasteiger partial charge in [-0.1, -0.05) is 57.5 Å². The number of fused-ring (bicyclic) bond motifs is 4. The first-order valence-electron chi connectivity index (χ1n) is 12.2. The maximum atomic E-state index is 12.9. The van der Waals surface area contributed by atoms with Crippen LogP contribution in [0.25, 0.3) is 0 Å². The fourth-order valence-corrected chi connectivity index (χ4v) is 7.03. The molecule has 5 nitrogen and oxygen atoms in total. The van der Waals surface area contributed by atoms with Crippen LogP contribution in [0.3, 0.4) is 0 Å². The van der Waals surface area contributed by atoms with Crippen molar-refractivity contribution in [3.05, 3.63) is 47.5 Å². The molecule has 1 saturated heterocycles. The number of allylic oxidation sites excluding steroid dienone is 1. The van der Waals surface area contributed by atoms with Gasteiger partial charge in [-0.25, -0.2) is 4.79 Å². The number of ether oxygens (including phenoxy) is 2. The number of benzene rings is 1. The molecule has 2 fully saturated rings. The summed E-state index contributed by atoms with van der Waals surface area (Å²) in [6.07, 6.45) is 3.11. The molecule has 1 heterocycles. The molecule has 0 unspecified atom stereocenters. The van der Waals surface area contributed by atoms with Gasteiger partial charge in [-0.15, -0.1) is 0 Å². The fraction of sp³-hybridized carbons (Fsp3) is 0.667. The molecule has 0 amide bonds. The first-order valence-corrected chi connectivity index (χ1v) is 15.1. The lowest BCUT2D eigenvalue weighted by Gasteiger charge is -2.57. The second kappa shape index (κ2) is 8.33. The van der Waals surface area contributed by atoms with E-state index in [1.54, 1.807) is 12.1 Å². The maximum absolute atomic E-state index is 12.9. The third-order valence-electron chi connectivity index (χ3n) is 9.06. The van der Waals surface area contributed by atoms with E-state index in [1.165, 1.54) is 5.57 Å². The first kappa shape index (κ1) is 24.6. The van der Waals surface area contributed by atoms with E-state index in [1.807, 2.05) is 18.2 Å². The number of esters is 1. The zero-order valence-corrected chi connectivity index (χ0v) is 22.2. The van der Waals surface area contributed by atoms with E-state index in [4.69, 9.17) is 13.9 Å². The molecular weight excluding hydrogens is 432 g/mol. The van der Waals surface area contributed by atoms with Gasteiger partial charge in [0.1, 0.15) is 12.7 Å². The summed E-state index contributed by atoms with van der Waals surface area (Å²) >= 11 is 0. The second-order valence-electron chi connectivity index (χ2n) is 12.1. The Balaban J connectivity index is 1.73. The van der Waals surface area contributed by atoms with Crippen molar-refractivity contribution in [2.45, 2.75) is 96.4 Å². The lowest BCUT2D eigenvalue weighted by molar-refractivity contribution is -0.182. The number of aliphatic hydroxyl groups excluding tert-OH is 1. The summed E-state index contributed by atoms with van der Waals surface area (Å²) in [6, 6.07) is 9.12. The summed E-state index contributed by atoms with van der Waals surface area (Å²) < 4.78 is 19.5. The second-order valence-corrected chi connectivity index (χ2v) is 16.9. The molecule has 6 heteroatoms. The van der Waals surface area contributed by atoms with Crippen LogP contribution in [0, 0.1) is 10.8 Å². The normalized spacial score (nSPS) is 36.2. The van der Waals surface area contributed by atoms with Gasteiger partial charge in [0.2, 0.25) is 0 Å². The lowest BCUT2D eigenvalue weighted by Crippen LogP contribution is -2.61. The van der Waals surface area contributed by atoms with Crippen LogP contribution >= 0.6 is 0 Å². The zero-order chi connectivity index (χ0) is 24.2. The molecule has 0 radical (unpaired) electrons. The number of hydrogen-bond donors (Lipinski definition) is 1. The van der Waals surface area contributed by atoms with Gasteiger partial charge < -0.3 is 19.0 Å². The Morgan fingerprint density at radius 1 is 1.24 bits per heavy atom. The van der Waals surface area contributed by atoms with Gasteiger partial charge in [0.05, 0.1) is 23.9 Å². The van der Waals surface area contributed by atoms with Crippen LogP contribution in [0.4, 0.5) is 0 Å². The molecule has 1 N–H and O–H groups in total. The van der Waals surface area contributed by atoms with E-state index in [9.17, 15) is 9.90 Å². The molecule has 0 aromatic heterocycles. The molecule has 2 aliphatic carbocycles. The molecule has 33 heavy (non-hydrogen) atoms. The molecule has 6 atom stereocenters. The van der Waals surface area contributed by atoms with Gasteiger partial charge in [0.25, 0.3) is 0 Å². The van der Waals surface area contributed by atoms with E-state index in [0.717, 1.165) is 12.8 Å². The van der Waals surface area contributed by atoms with E-state index >= 15 is 0 Å². The number of carbonyl (C=O) groups is 1. The highest BCUT2D eigenvalue weighted by atomic mass is 28.4. The molecule has 0 spiro atoms. The SMILES string of the molecule is CC1=C[C@H]2O[C@H]3C[C@](COC(=O)c4ccccc4)([C@@H](O[Si](C)(C)C(C)(C)C)[C@@H]3O)[C@@]2(C)CC1.